The first-order valence-electron chi connectivity index (χ1n) is 8.26. The maximum Gasteiger partial charge on any atom is 0.408 e. The topological polar surface area (TPSA) is 76.7 Å². The van der Waals surface area contributed by atoms with Gasteiger partial charge in [-0.25, -0.2) is 4.79 Å². The predicted octanol–water partition coefficient (Wildman–Crippen LogP) is 2.38. The van der Waals surface area contributed by atoms with Crippen LogP contribution in [0.3, 0.4) is 0 Å². The summed E-state index contributed by atoms with van der Waals surface area (Å²) >= 11 is 0. The van der Waals surface area contributed by atoms with E-state index < -0.39 is 17.7 Å². The Morgan fingerprint density at radius 1 is 1.25 bits per heavy atom. The molecule has 0 unspecified atom stereocenters. The second-order valence-electron chi connectivity index (χ2n) is 6.94. The van der Waals surface area contributed by atoms with Crippen molar-refractivity contribution in [3.8, 4) is 0 Å². The second kappa shape index (κ2) is 8.15. The van der Waals surface area contributed by atoms with Crippen LogP contribution in [-0.2, 0) is 20.9 Å². The van der Waals surface area contributed by atoms with Gasteiger partial charge in [0.25, 0.3) is 0 Å². The van der Waals surface area contributed by atoms with Gasteiger partial charge in [0.2, 0.25) is 5.91 Å². The van der Waals surface area contributed by atoms with Crippen molar-refractivity contribution < 1.29 is 19.1 Å². The van der Waals surface area contributed by atoms with Crippen LogP contribution in [0.1, 0.15) is 39.2 Å². The van der Waals surface area contributed by atoms with Crippen molar-refractivity contribution in [2.75, 3.05) is 6.54 Å². The lowest BCUT2D eigenvalue weighted by molar-refractivity contribution is -0.123. The molecule has 0 saturated carbocycles. The molecule has 0 spiro atoms. The molecule has 6 nitrogen and oxygen atoms in total. The largest absolute Gasteiger partial charge is 0.444 e. The highest BCUT2D eigenvalue weighted by molar-refractivity contribution is 5.85. The van der Waals surface area contributed by atoms with Crippen LogP contribution in [0.15, 0.2) is 30.3 Å². The Balaban J connectivity index is 1.81. The van der Waals surface area contributed by atoms with Crippen LogP contribution in [0.5, 0.6) is 0 Å². The van der Waals surface area contributed by atoms with Crippen molar-refractivity contribution in [3.05, 3.63) is 35.9 Å². The van der Waals surface area contributed by atoms with Crippen LogP contribution in [0, 0.1) is 0 Å². The van der Waals surface area contributed by atoms with Gasteiger partial charge in [0.05, 0.1) is 12.7 Å². The molecule has 2 rings (SSSR count). The molecule has 1 aromatic carbocycles. The third-order valence-corrected chi connectivity index (χ3v) is 3.62. The Bertz CT molecular complexity index is 554. The standard InChI is InChI=1S/C18H26N2O4/c1-18(2,3)24-17(22)20-15-10-9-14(11-19-16(15)21)23-12-13-7-5-4-6-8-13/h4-8,14-15H,9-12H2,1-3H3,(H,19,21)(H,20,22)/t14-,15-/m0/s1. The Labute approximate surface area is 142 Å². The van der Waals surface area contributed by atoms with Gasteiger partial charge in [-0.1, -0.05) is 30.3 Å². The van der Waals surface area contributed by atoms with Gasteiger partial charge >= 0.3 is 6.09 Å². The first-order chi connectivity index (χ1) is 11.3. The molecule has 2 N–H and O–H groups in total. The smallest absolute Gasteiger partial charge is 0.408 e. The van der Waals surface area contributed by atoms with Crippen LogP contribution >= 0.6 is 0 Å². The van der Waals surface area contributed by atoms with Gasteiger partial charge in [0.15, 0.2) is 0 Å². The Morgan fingerprint density at radius 2 is 1.96 bits per heavy atom. The number of nitrogens with one attached hydrogen (secondary N) is 2. The number of hydrogen-bond acceptors (Lipinski definition) is 4. The molecule has 1 fully saturated rings. The van der Waals surface area contributed by atoms with Gasteiger partial charge in [-0.3, -0.25) is 4.79 Å². The van der Waals surface area contributed by atoms with Gasteiger partial charge in [-0.2, -0.15) is 0 Å². The molecular formula is C18H26N2O4. The summed E-state index contributed by atoms with van der Waals surface area (Å²) in [5.41, 5.74) is 0.503. The van der Waals surface area contributed by atoms with Crippen molar-refractivity contribution in [1.29, 1.82) is 0 Å². The fourth-order valence-electron chi connectivity index (χ4n) is 2.44. The highest BCUT2D eigenvalue weighted by Gasteiger charge is 2.28. The minimum Gasteiger partial charge on any atom is -0.444 e. The quantitative estimate of drug-likeness (QED) is 0.886. The summed E-state index contributed by atoms with van der Waals surface area (Å²) in [5.74, 6) is -0.202. The lowest BCUT2D eigenvalue weighted by atomic mass is 10.1. The molecule has 2 atom stereocenters. The number of carbonyl (C=O) groups excluding carboxylic acids is 2. The maximum absolute atomic E-state index is 12.1. The van der Waals surface area contributed by atoms with E-state index in [1.165, 1.54) is 0 Å². The number of hydrogen-bond donors (Lipinski definition) is 2. The molecule has 0 radical (unpaired) electrons. The summed E-state index contributed by atoms with van der Waals surface area (Å²) in [6.07, 6.45) is 0.558. The highest BCUT2D eigenvalue weighted by Crippen LogP contribution is 2.13. The maximum atomic E-state index is 12.1. The zero-order chi connectivity index (χ0) is 17.6. The molecule has 1 heterocycles. The fourth-order valence-corrected chi connectivity index (χ4v) is 2.44. The molecule has 1 aromatic rings. The lowest BCUT2D eigenvalue weighted by Crippen LogP contribution is -2.47. The van der Waals surface area contributed by atoms with Crippen LogP contribution in [0.4, 0.5) is 4.79 Å². The molecule has 0 aromatic heterocycles. The van der Waals surface area contributed by atoms with Crippen molar-refractivity contribution in [3.63, 3.8) is 0 Å². The van der Waals surface area contributed by atoms with Crippen LogP contribution < -0.4 is 10.6 Å². The molecule has 1 saturated heterocycles. The molecule has 24 heavy (non-hydrogen) atoms. The zero-order valence-electron chi connectivity index (χ0n) is 14.5. The van der Waals surface area contributed by atoms with Crippen LogP contribution in [0.2, 0.25) is 0 Å². The predicted molar refractivity (Wildman–Crippen MR) is 90.4 cm³/mol. The molecule has 1 aliphatic rings. The van der Waals surface area contributed by atoms with Crippen molar-refractivity contribution in [1.82, 2.24) is 10.6 Å². The first kappa shape index (κ1) is 18.3. The van der Waals surface area contributed by atoms with E-state index in [9.17, 15) is 9.59 Å². The summed E-state index contributed by atoms with van der Waals surface area (Å²) in [7, 11) is 0. The number of ether oxygens (including phenoxy) is 2. The lowest BCUT2D eigenvalue weighted by Gasteiger charge is -2.22. The van der Waals surface area contributed by atoms with E-state index in [1.54, 1.807) is 20.8 Å². The third kappa shape index (κ3) is 6.20. The van der Waals surface area contributed by atoms with E-state index in [4.69, 9.17) is 9.47 Å². The Morgan fingerprint density at radius 3 is 2.62 bits per heavy atom. The van der Waals surface area contributed by atoms with Crippen LogP contribution in [-0.4, -0.2) is 36.3 Å². The van der Waals surface area contributed by atoms with E-state index in [0.717, 1.165) is 5.56 Å². The van der Waals surface area contributed by atoms with E-state index >= 15 is 0 Å². The molecule has 2 amide bonds. The van der Waals surface area contributed by atoms with Gasteiger partial charge in [0, 0.05) is 6.54 Å². The number of benzene rings is 1. The SMILES string of the molecule is CC(C)(C)OC(=O)N[C@H]1CC[C@H](OCc2ccccc2)CNC1=O. The zero-order valence-corrected chi connectivity index (χ0v) is 14.5. The average molecular weight is 334 g/mol. The summed E-state index contributed by atoms with van der Waals surface area (Å²) in [5, 5.41) is 5.45. The van der Waals surface area contributed by atoms with Gasteiger partial charge in [-0.15, -0.1) is 0 Å². The van der Waals surface area contributed by atoms with Gasteiger partial charge in [-0.05, 0) is 39.2 Å². The van der Waals surface area contributed by atoms with Crippen molar-refractivity contribution >= 4 is 12.0 Å². The van der Waals surface area contributed by atoms with E-state index in [0.29, 0.717) is 26.0 Å². The minimum absolute atomic E-state index is 0.0698. The average Bonchev–Trinajstić information content (AvgIpc) is 2.67. The monoisotopic (exact) mass is 334 g/mol. The normalized spacial score (nSPS) is 21.5. The number of alkyl carbamates (subject to hydrolysis) is 1. The summed E-state index contributed by atoms with van der Waals surface area (Å²) in [6, 6.07) is 9.31. The van der Waals surface area contributed by atoms with Gasteiger partial charge < -0.3 is 20.1 Å². The summed E-state index contributed by atoms with van der Waals surface area (Å²) < 4.78 is 11.1. The summed E-state index contributed by atoms with van der Waals surface area (Å²) in [6.45, 7) is 6.30. The Hall–Kier alpha value is -2.08. The fraction of sp³-hybridized carbons (Fsp3) is 0.556. The number of carbonyl (C=O) groups is 2. The molecule has 6 heteroatoms. The number of rotatable bonds is 4. The first-order valence-corrected chi connectivity index (χ1v) is 8.26. The summed E-state index contributed by atoms with van der Waals surface area (Å²) in [4.78, 5) is 23.9. The Kier molecular flexibility index (Phi) is 6.20. The molecule has 132 valence electrons. The molecule has 0 bridgehead atoms. The highest BCUT2D eigenvalue weighted by atomic mass is 16.6. The van der Waals surface area contributed by atoms with Crippen molar-refractivity contribution in [2.45, 2.75) is 58.0 Å². The molecular weight excluding hydrogens is 308 g/mol. The number of amides is 2. The van der Waals surface area contributed by atoms with Crippen molar-refractivity contribution in [2.24, 2.45) is 0 Å². The molecule has 1 aliphatic heterocycles. The van der Waals surface area contributed by atoms with E-state index in [1.807, 2.05) is 30.3 Å². The molecule has 0 aliphatic carbocycles. The van der Waals surface area contributed by atoms with E-state index in [2.05, 4.69) is 10.6 Å². The third-order valence-electron chi connectivity index (χ3n) is 3.62. The second-order valence-corrected chi connectivity index (χ2v) is 6.94. The van der Waals surface area contributed by atoms with E-state index in [-0.39, 0.29) is 12.0 Å². The van der Waals surface area contributed by atoms with Gasteiger partial charge in [0.1, 0.15) is 11.6 Å². The minimum atomic E-state index is -0.592. The van der Waals surface area contributed by atoms with Crippen LogP contribution in [0.25, 0.3) is 0 Å².